The summed E-state index contributed by atoms with van der Waals surface area (Å²) in [6.07, 6.45) is 0.195. The number of thiophene rings is 1. The smallest absolute Gasteiger partial charge is 0.311 e. The molecule has 1 unspecified atom stereocenters. The fourth-order valence-electron chi connectivity index (χ4n) is 2.14. The van der Waals surface area contributed by atoms with Crippen LogP contribution in [-0.2, 0) is 14.3 Å². The second-order valence-corrected chi connectivity index (χ2v) is 6.21. The van der Waals surface area contributed by atoms with Gasteiger partial charge in [-0.2, -0.15) is 0 Å². The Morgan fingerprint density at radius 3 is 3.05 bits per heavy atom. The number of ether oxygens (including phenoxy) is 1. The highest BCUT2D eigenvalue weighted by atomic mass is 32.1. The van der Waals surface area contributed by atoms with Gasteiger partial charge in [0.2, 0.25) is 5.91 Å². The van der Waals surface area contributed by atoms with Crippen LogP contribution in [-0.4, -0.2) is 30.5 Å². The highest BCUT2D eigenvalue weighted by Gasteiger charge is 2.37. The van der Waals surface area contributed by atoms with Crippen LogP contribution in [0.1, 0.15) is 6.42 Å². The highest BCUT2D eigenvalue weighted by Crippen LogP contribution is 2.33. The first-order valence-electron chi connectivity index (χ1n) is 6.06. The fraction of sp³-hybridized carbons (Fsp3) is 0.308. The molecule has 1 aliphatic rings. The van der Waals surface area contributed by atoms with Crippen molar-refractivity contribution in [3.05, 3.63) is 22.9 Å². The summed E-state index contributed by atoms with van der Waals surface area (Å²) in [7, 11) is 1.34. The van der Waals surface area contributed by atoms with E-state index in [2.05, 4.69) is 4.98 Å². The Labute approximate surface area is 123 Å². The number of esters is 1. The number of hydrogen-bond acceptors (Lipinski definition) is 6. The number of anilines is 1. The highest BCUT2D eigenvalue weighted by molar-refractivity contribution is 7.16. The summed E-state index contributed by atoms with van der Waals surface area (Å²) in [5.41, 5.74) is 0.870. The number of carbonyl (C=O) groups is 2. The predicted molar refractivity (Wildman–Crippen MR) is 77.9 cm³/mol. The molecule has 20 heavy (non-hydrogen) atoms. The summed E-state index contributed by atoms with van der Waals surface area (Å²) in [5, 5.41) is 4.56. The predicted octanol–water partition coefficient (Wildman–Crippen LogP) is 2.40. The van der Waals surface area contributed by atoms with Crippen molar-refractivity contribution in [2.24, 2.45) is 5.92 Å². The van der Waals surface area contributed by atoms with Crippen molar-refractivity contribution in [1.29, 1.82) is 0 Å². The molecule has 0 bridgehead atoms. The average molecular weight is 308 g/mol. The van der Waals surface area contributed by atoms with E-state index >= 15 is 0 Å². The summed E-state index contributed by atoms with van der Waals surface area (Å²) in [5.74, 6) is -0.801. The van der Waals surface area contributed by atoms with Gasteiger partial charge in [-0.3, -0.25) is 14.5 Å². The first-order chi connectivity index (χ1) is 9.69. The van der Waals surface area contributed by atoms with Crippen LogP contribution in [0.3, 0.4) is 0 Å². The van der Waals surface area contributed by atoms with Crippen LogP contribution >= 0.6 is 22.7 Å². The third-order valence-electron chi connectivity index (χ3n) is 3.16. The van der Waals surface area contributed by atoms with Crippen LogP contribution in [0.15, 0.2) is 22.9 Å². The summed E-state index contributed by atoms with van der Waals surface area (Å²) in [6.45, 7) is 0.350. The van der Waals surface area contributed by atoms with Gasteiger partial charge in [-0.05, 0) is 11.4 Å². The SMILES string of the molecule is COC(=O)C1CC(=O)N(c2nc(-c3cccs3)cs2)C1. The summed E-state index contributed by atoms with van der Waals surface area (Å²) in [6, 6.07) is 3.96. The molecule has 7 heteroatoms. The van der Waals surface area contributed by atoms with Gasteiger partial charge in [0.05, 0.1) is 23.6 Å². The van der Waals surface area contributed by atoms with Gasteiger partial charge >= 0.3 is 5.97 Å². The summed E-state index contributed by atoms with van der Waals surface area (Å²) in [4.78, 5) is 30.6. The largest absolute Gasteiger partial charge is 0.469 e. The van der Waals surface area contributed by atoms with E-state index in [0.717, 1.165) is 10.6 Å². The second kappa shape index (κ2) is 5.34. The molecule has 0 N–H and O–H groups in total. The number of carbonyl (C=O) groups excluding carboxylic acids is 2. The van der Waals surface area contributed by atoms with Crippen molar-refractivity contribution in [2.75, 3.05) is 18.6 Å². The Hall–Kier alpha value is -1.73. The van der Waals surface area contributed by atoms with Crippen LogP contribution in [0, 0.1) is 5.92 Å². The normalized spacial score (nSPS) is 18.6. The Morgan fingerprint density at radius 1 is 1.50 bits per heavy atom. The molecule has 3 heterocycles. The molecule has 1 atom stereocenters. The molecule has 104 valence electrons. The van der Waals surface area contributed by atoms with E-state index in [1.54, 1.807) is 16.2 Å². The molecule has 0 aromatic carbocycles. The van der Waals surface area contributed by atoms with Gasteiger partial charge in [-0.1, -0.05) is 6.07 Å². The van der Waals surface area contributed by atoms with Crippen LogP contribution in [0.4, 0.5) is 5.13 Å². The van der Waals surface area contributed by atoms with E-state index in [0.29, 0.717) is 11.7 Å². The molecule has 3 rings (SSSR count). The van der Waals surface area contributed by atoms with E-state index in [9.17, 15) is 9.59 Å². The first-order valence-corrected chi connectivity index (χ1v) is 7.82. The lowest BCUT2D eigenvalue weighted by molar-refractivity contribution is -0.145. The number of rotatable bonds is 3. The third-order valence-corrected chi connectivity index (χ3v) is 4.91. The van der Waals surface area contributed by atoms with Gasteiger partial charge in [0.1, 0.15) is 0 Å². The summed E-state index contributed by atoms with van der Waals surface area (Å²) >= 11 is 3.03. The second-order valence-electron chi connectivity index (χ2n) is 4.42. The molecule has 2 aromatic rings. The Morgan fingerprint density at radius 2 is 2.35 bits per heavy atom. The van der Waals surface area contributed by atoms with Crippen LogP contribution in [0.2, 0.25) is 0 Å². The van der Waals surface area contributed by atoms with Crippen molar-refractivity contribution >= 4 is 39.7 Å². The molecule has 5 nitrogen and oxygen atoms in total. The maximum Gasteiger partial charge on any atom is 0.311 e. The zero-order valence-electron chi connectivity index (χ0n) is 10.7. The fourth-order valence-corrected chi connectivity index (χ4v) is 3.75. The number of thiazole rings is 1. The molecule has 0 spiro atoms. The zero-order valence-corrected chi connectivity index (χ0v) is 12.4. The maximum atomic E-state index is 12.0. The lowest BCUT2D eigenvalue weighted by atomic mass is 10.1. The molecular weight excluding hydrogens is 296 g/mol. The maximum absolute atomic E-state index is 12.0. The minimum absolute atomic E-state index is 0.0764. The van der Waals surface area contributed by atoms with Crippen LogP contribution in [0.5, 0.6) is 0 Å². The average Bonchev–Trinajstić information content (AvgIpc) is 3.16. The number of hydrogen-bond donors (Lipinski definition) is 0. The van der Waals surface area contributed by atoms with Crippen LogP contribution in [0.25, 0.3) is 10.6 Å². The van der Waals surface area contributed by atoms with Gasteiger partial charge in [0, 0.05) is 18.3 Å². The van der Waals surface area contributed by atoms with Crippen molar-refractivity contribution in [3.63, 3.8) is 0 Å². The van der Waals surface area contributed by atoms with E-state index in [-0.39, 0.29) is 24.2 Å². The lowest BCUT2D eigenvalue weighted by Crippen LogP contribution is -2.26. The Bertz CT molecular complexity index is 636. The van der Waals surface area contributed by atoms with E-state index in [1.165, 1.54) is 18.4 Å². The molecule has 2 aromatic heterocycles. The van der Waals surface area contributed by atoms with Gasteiger partial charge < -0.3 is 4.74 Å². The minimum atomic E-state index is -0.387. The molecule has 0 radical (unpaired) electrons. The van der Waals surface area contributed by atoms with Gasteiger partial charge in [0.15, 0.2) is 5.13 Å². The van der Waals surface area contributed by atoms with Crippen molar-refractivity contribution < 1.29 is 14.3 Å². The zero-order chi connectivity index (χ0) is 14.1. The lowest BCUT2D eigenvalue weighted by Gasteiger charge is -2.11. The number of methoxy groups -OCH3 is 1. The number of nitrogens with zero attached hydrogens (tertiary/aromatic N) is 2. The van der Waals surface area contributed by atoms with Crippen molar-refractivity contribution in [2.45, 2.75) is 6.42 Å². The van der Waals surface area contributed by atoms with Crippen molar-refractivity contribution in [3.8, 4) is 10.6 Å². The topological polar surface area (TPSA) is 59.5 Å². The van der Waals surface area contributed by atoms with E-state index < -0.39 is 0 Å². The molecule has 0 aliphatic carbocycles. The first kappa shape index (κ1) is 13.3. The number of aromatic nitrogens is 1. The molecule has 1 fully saturated rings. The van der Waals surface area contributed by atoms with Gasteiger partial charge in [-0.25, -0.2) is 4.98 Å². The monoisotopic (exact) mass is 308 g/mol. The molecule has 1 aliphatic heterocycles. The number of amides is 1. The standard InChI is InChI=1S/C13H12N2O3S2/c1-18-12(17)8-5-11(16)15(6-8)13-14-9(7-20-13)10-3-2-4-19-10/h2-4,7-8H,5-6H2,1H3. The Balaban J connectivity index is 1.80. The summed E-state index contributed by atoms with van der Waals surface area (Å²) < 4.78 is 4.70. The third kappa shape index (κ3) is 2.34. The van der Waals surface area contributed by atoms with E-state index in [4.69, 9.17) is 4.74 Å². The molecular formula is C13H12N2O3S2. The minimum Gasteiger partial charge on any atom is -0.469 e. The molecule has 0 saturated carbocycles. The quantitative estimate of drug-likeness (QED) is 0.817. The van der Waals surface area contributed by atoms with E-state index in [1.807, 2.05) is 22.9 Å². The van der Waals surface area contributed by atoms with Gasteiger partial charge in [-0.15, -0.1) is 22.7 Å². The Kier molecular flexibility index (Phi) is 3.54. The van der Waals surface area contributed by atoms with Gasteiger partial charge in [0.25, 0.3) is 0 Å². The molecule has 1 amide bonds. The van der Waals surface area contributed by atoms with Crippen molar-refractivity contribution in [1.82, 2.24) is 4.98 Å². The van der Waals surface area contributed by atoms with Crippen LogP contribution < -0.4 is 4.90 Å². The molecule has 1 saturated heterocycles.